The Balaban J connectivity index is 1.80. The maximum Gasteiger partial charge on any atom is 0.186 e. The number of benzene rings is 2. The first-order chi connectivity index (χ1) is 10.8. The first kappa shape index (κ1) is 13.2. The molecule has 0 radical (unpaired) electrons. The number of carbonyl (C=O) groups excluding carboxylic acids is 2. The maximum atomic E-state index is 13.0. The zero-order valence-electron chi connectivity index (χ0n) is 12.2. The van der Waals surface area contributed by atoms with Crippen molar-refractivity contribution in [2.24, 2.45) is 5.92 Å². The quantitative estimate of drug-likeness (QED) is 0.740. The lowest BCUT2D eigenvalue weighted by Gasteiger charge is -2.16. The molecule has 0 aromatic heterocycles. The number of hydrogen-bond donors (Lipinski definition) is 0. The van der Waals surface area contributed by atoms with Crippen molar-refractivity contribution in [2.45, 2.75) is 19.3 Å². The Morgan fingerprint density at radius 3 is 2.32 bits per heavy atom. The Labute approximate surface area is 129 Å². The highest BCUT2D eigenvalue weighted by Crippen LogP contribution is 2.38. The van der Waals surface area contributed by atoms with Gasteiger partial charge in [-0.3, -0.25) is 9.59 Å². The van der Waals surface area contributed by atoms with Gasteiger partial charge in [0, 0.05) is 17.0 Å². The van der Waals surface area contributed by atoms with Crippen molar-refractivity contribution in [2.75, 3.05) is 0 Å². The largest absolute Gasteiger partial charge is 0.293 e. The summed E-state index contributed by atoms with van der Waals surface area (Å²) in [6.45, 7) is 0. The van der Waals surface area contributed by atoms with Crippen molar-refractivity contribution < 1.29 is 9.59 Å². The number of allylic oxidation sites excluding steroid dienone is 2. The lowest BCUT2D eigenvalue weighted by molar-refractivity contribution is 0.0948. The highest BCUT2D eigenvalue weighted by Gasteiger charge is 2.33. The highest BCUT2D eigenvalue weighted by atomic mass is 16.1. The summed E-state index contributed by atoms with van der Waals surface area (Å²) in [5, 5.41) is 0. The SMILES string of the molecule is O=C1C=C(C2CCCc3ccccc3C2=O)c2ccccc21. The van der Waals surface area contributed by atoms with Gasteiger partial charge in [0.15, 0.2) is 11.6 Å². The monoisotopic (exact) mass is 288 g/mol. The lowest BCUT2D eigenvalue weighted by Crippen LogP contribution is -2.15. The van der Waals surface area contributed by atoms with Crippen LogP contribution in [0.4, 0.5) is 0 Å². The number of fused-ring (bicyclic) bond motifs is 2. The van der Waals surface area contributed by atoms with Gasteiger partial charge in [0.2, 0.25) is 0 Å². The Hall–Kier alpha value is -2.48. The average molecular weight is 288 g/mol. The summed E-state index contributed by atoms with van der Waals surface area (Å²) in [6, 6.07) is 15.5. The van der Waals surface area contributed by atoms with Gasteiger partial charge >= 0.3 is 0 Å². The van der Waals surface area contributed by atoms with Crippen molar-refractivity contribution in [3.8, 4) is 0 Å². The van der Waals surface area contributed by atoms with Gasteiger partial charge in [-0.2, -0.15) is 0 Å². The summed E-state index contributed by atoms with van der Waals surface area (Å²) in [7, 11) is 0. The molecule has 0 spiro atoms. The molecule has 2 aromatic carbocycles. The number of aryl methyl sites for hydroxylation is 1. The number of hydrogen-bond acceptors (Lipinski definition) is 2. The molecule has 2 nitrogen and oxygen atoms in total. The number of carbonyl (C=O) groups is 2. The average Bonchev–Trinajstić information content (AvgIpc) is 2.79. The topological polar surface area (TPSA) is 34.1 Å². The molecule has 1 atom stereocenters. The van der Waals surface area contributed by atoms with E-state index in [9.17, 15) is 9.59 Å². The molecule has 108 valence electrons. The van der Waals surface area contributed by atoms with Crippen LogP contribution in [0, 0.1) is 5.92 Å². The first-order valence-electron chi connectivity index (χ1n) is 7.73. The molecule has 0 saturated heterocycles. The molecular weight excluding hydrogens is 272 g/mol. The van der Waals surface area contributed by atoms with Crippen molar-refractivity contribution in [1.29, 1.82) is 0 Å². The Kier molecular flexibility index (Phi) is 3.04. The van der Waals surface area contributed by atoms with E-state index in [0.717, 1.165) is 47.1 Å². The third-order valence-corrected chi connectivity index (χ3v) is 4.70. The van der Waals surface area contributed by atoms with Crippen molar-refractivity contribution >= 4 is 17.1 Å². The van der Waals surface area contributed by atoms with E-state index >= 15 is 0 Å². The fourth-order valence-electron chi connectivity index (χ4n) is 3.63. The molecule has 0 saturated carbocycles. The normalized spacial score (nSPS) is 20.2. The first-order valence-corrected chi connectivity index (χ1v) is 7.73. The Morgan fingerprint density at radius 2 is 1.50 bits per heavy atom. The summed E-state index contributed by atoms with van der Waals surface area (Å²) in [4.78, 5) is 25.2. The molecular formula is C20H16O2. The smallest absolute Gasteiger partial charge is 0.186 e. The lowest BCUT2D eigenvalue weighted by atomic mass is 9.85. The van der Waals surface area contributed by atoms with E-state index in [4.69, 9.17) is 0 Å². The molecule has 1 unspecified atom stereocenters. The molecule has 0 bridgehead atoms. The highest BCUT2D eigenvalue weighted by molar-refractivity contribution is 6.20. The fraction of sp³-hybridized carbons (Fsp3) is 0.200. The number of Topliss-reactive ketones (excluding diaryl/α,β-unsaturated/α-hetero) is 1. The maximum absolute atomic E-state index is 13.0. The second-order valence-corrected chi connectivity index (χ2v) is 5.98. The molecule has 0 fully saturated rings. The van der Waals surface area contributed by atoms with Crippen LogP contribution in [0.15, 0.2) is 54.6 Å². The van der Waals surface area contributed by atoms with Crippen LogP contribution in [-0.4, -0.2) is 11.6 Å². The minimum Gasteiger partial charge on any atom is -0.293 e. The van der Waals surface area contributed by atoms with Gasteiger partial charge in [-0.25, -0.2) is 0 Å². The summed E-state index contributed by atoms with van der Waals surface area (Å²) < 4.78 is 0. The van der Waals surface area contributed by atoms with Gasteiger partial charge in [0.05, 0.1) is 0 Å². The van der Waals surface area contributed by atoms with Crippen LogP contribution in [0.3, 0.4) is 0 Å². The van der Waals surface area contributed by atoms with E-state index in [1.165, 1.54) is 0 Å². The van der Waals surface area contributed by atoms with E-state index in [-0.39, 0.29) is 17.5 Å². The minimum absolute atomic E-state index is 0.0240. The number of rotatable bonds is 1. The number of ketones is 2. The molecule has 0 heterocycles. The molecule has 2 aliphatic carbocycles. The molecule has 2 aromatic rings. The zero-order chi connectivity index (χ0) is 15.1. The van der Waals surface area contributed by atoms with Crippen LogP contribution in [0.5, 0.6) is 0 Å². The predicted octanol–water partition coefficient (Wildman–Crippen LogP) is 4.10. The molecule has 22 heavy (non-hydrogen) atoms. The zero-order valence-corrected chi connectivity index (χ0v) is 12.2. The van der Waals surface area contributed by atoms with E-state index in [1.807, 2.05) is 48.5 Å². The second-order valence-electron chi connectivity index (χ2n) is 5.98. The van der Waals surface area contributed by atoms with Crippen LogP contribution in [-0.2, 0) is 6.42 Å². The second kappa shape index (κ2) is 5.06. The van der Waals surface area contributed by atoms with Crippen LogP contribution in [0.25, 0.3) is 5.57 Å². The summed E-state index contributed by atoms with van der Waals surface area (Å²) >= 11 is 0. The third-order valence-electron chi connectivity index (χ3n) is 4.70. The van der Waals surface area contributed by atoms with E-state index in [0.29, 0.717) is 0 Å². The van der Waals surface area contributed by atoms with E-state index < -0.39 is 0 Å². The molecule has 0 amide bonds. The van der Waals surface area contributed by atoms with Gasteiger partial charge in [-0.1, -0.05) is 48.5 Å². The van der Waals surface area contributed by atoms with Crippen LogP contribution in [0.1, 0.15) is 44.7 Å². The van der Waals surface area contributed by atoms with Crippen LogP contribution in [0.2, 0.25) is 0 Å². The van der Waals surface area contributed by atoms with E-state index in [2.05, 4.69) is 0 Å². The fourth-order valence-corrected chi connectivity index (χ4v) is 3.63. The van der Waals surface area contributed by atoms with Gasteiger partial charge in [-0.15, -0.1) is 0 Å². The van der Waals surface area contributed by atoms with Gasteiger partial charge in [0.25, 0.3) is 0 Å². The summed E-state index contributed by atoms with van der Waals surface area (Å²) in [5.74, 6) is -0.0176. The van der Waals surface area contributed by atoms with Crippen LogP contribution >= 0.6 is 0 Å². The summed E-state index contributed by atoms with van der Waals surface area (Å²) in [6.07, 6.45) is 4.38. The predicted molar refractivity (Wildman–Crippen MR) is 86.0 cm³/mol. The minimum atomic E-state index is -0.198. The standard InChI is InChI=1S/C20H16O2/c21-19-12-18(15-9-3-4-10-16(15)19)17-11-5-7-13-6-1-2-8-14(13)20(17)22/h1-4,6,8-10,12,17H,5,7,11H2. The molecule has 4 rings (SSSR count). The van der Waals surface area contributed by atoms with Gasteiger partial charge in [0.1, 0.15) is 0 Å². The van der Waals surface area contributed by atoms with E-state index in [1.54, 1.807) is 6.08 Å². The molecule has 2 heteroatoms. The summed E-state index contributed by atoms with van der Waals surface area (Å²) in [5.41, 5.74) is 4.52. The van der Waals surface area contributed by atoms with Crippen LogP contribution < -0.4 is 0 Å². The van der Waals surface area contributed by atoms with Crippen molar-refractivity contribution in [3.05, 3.63) is 76.9 Å². The Bertz CT molecular complexity index is 814. The molecule has 2 aliphatic rings. The van der Waals surface area contributed by atoms with Crippen molar-refractivity contribution in [3.63, 3.8) is 0 Å². The van der Waals surface area contributed by atoms with Gasteiger partial charge in [-0.05, 0) is 42.0 Å². The third kappa shape index (κ3) is 1.95. The Morgan fingerprint density at radius 1 is 0.818 bits per heavy atom. The molecule has 0 aliphatic heterocycles. The van der Waals surface area contributed by atoms with Crippen molar-refractivity contribution in [1.82, 2.24) is 0 Å². The van der Waals surface area contributed by atoms with Gasteiger partial charge < -0.3 is 0 Å². The molecule has 0 N–H and O–H groups in total.